The minimum Gasteiger partial charge on any atom is -0.508 e. The summed E-state index contributed by atoms with van der Waals surface area (Å²) >= 11 is 0. The average molecular weight is 269 g/mol. The van der Waals surface area contributed by atoms with Crippen molar-refractivity contribution in [2.75, 3.05) is 0 Å². The molecule has 0 aliphatic rings. The molecule has 3 nitrogen and oxygen atoms in total. The van der Waals surface area contributed by atoms with E-state index in [2.05, 4.69) is 5.32 Å². The van der Waals surface area contributed by atoms with E-state index in [1.807, 2.05) is 51.1 Å². The first-order chi connectivity index (χ1) is 9.35. The van der Waals surface area contributed by atoms with E-state index in [0.29, 0.717) is 5.56 Å². The maximum Gasteiger partial charge on any atom is 0.251 e. The molecule has 0 aromatic heterocycles. The summed E-state index contributed by atoms with van der Waals surface area (Å²) in [6.07, 6.45) is 0. The number of rotatable bonds is 2. The molecule has 0 atom stereocenters. The molecule has 0 unspecified atom stereocenters. The number of nitrogens with one attached hydrogen (secondary N) is 1. The fraction of sp³-hybridized carbons (Fsp3) is 0.235. The number of hydrogen-bond donors (Lipinski definition) is 2. The van der Waals surface area contributed by atoms with Gasteiger partial charge >= 0.3 is 0 Å². The van der Waals surface area contributed by atoms with Crippen molar-refractivity contribution in [2.24, 2.45) is 0 Å². The summed E-state index contributed by atoms with van der Waals surface area (Å²) in [4.78, 5) is 12.2. The van der Waals surface area contributed by atoms with Gasteiger partial charge in [-0.2, -0.15) is 0 Å². The van der Waals surface area contributed by atoms with Crippen molar-refractivity contribution < 1.29 is 9.90 Å². The highest BCUT2D eigenvalue weighted by Gasteiger charge is 2.16. The van der Waals surface area contributed by atoms with Gasteiger partial charge in [0.25, 0.3) is 5.91 Å². The Balaban J connectivity index is 2.37. The van der Waals surface area contributed by atoms with Crippen LogP contribution in [0.25, 0.3) is 11.1 Å². The molecule has 2 aromatic carbocycles. The Kier molecular flexibility index (Phi) is 3.79. The van der Waals surface area contributed by atoms with E-state index in [1.165, 1.54) is 6.07 Å². The zero-order chi connectivity index (χ0) is 14.8. The number of amides is 1. The van der Waals surface area contributed by atoms with Gasteiger partial charge in [-0.05, 0) is 50.1 Å². The van der Waals surface area contributed by atoms with Gasteiger partial charge in [0, 0.05) is 11.1 Å². The zero-order valence-electron chi connectivity index (χ0n) is 12.0. The molecule has 0 heterocycles. The molecule has 2 aromatic rings. The second-order valence-corrected chi connectivity index (χ2v) is 5.84. The van der Waals surface area contributed by atoms with Gasteiger partial charge < -0.3 is 10.4 Å². The molecule has 0 aliphatic heterocycles. The van der Waals surface area contributed by atoms with Gasteiger partial charge in [0.2, 0.25) is 0 Å². The maximum absolute atomic E-state index is 12.2. The van der Waals surface area contributed by atoms with Crippen LogP contribution in [-0.2, 0) is 0 Å². The predicted molar refractivity (Wildman–Crippen MR) is 80.8 cm³/mol. The highest BCUT2D eigenvalue weighted by Crippen LogP contribution is 2.25. The second kappa shape index (κ2) is 5.37. The summed E-state index contributed by atoms with van der Waals surface area (Å²) in [5.74, 6) is -0.101. The lowest BCUT2D eigenvalue weighted by Gasteiger charge is -2.20. The lowest BCUT2D eigenvalue weighted by Crippen LogP contribution is -2.40. The number of aromatic hydroxyl groups is 1. The minimum absolute atomic E-state index is 0.0883. The third-order valence-electron chi connectivity index (χ3n) is 2.78. The van der Waals surface area contributed by atoms with Gasteiger partial charge in [-0.1, -0.05) is 30.3 Å². The van der Waals surface area contributed by atoms with Crippen molar-refractivity contribution >= 4 is 5.91 Å². The van der Waals surface area contributed by atoms with E-state index >= 15 is 0 Å². The van der Waals surface area contributed by atoms with Crippen LogP contribution in [0.1, 0.15) is 31.1 Å². The Morgan fingerprint density at radius 2 is 1.65 bits per heavy atom. The normalized spacial score (nSPS) is 11.2. The molecule has 0 aliphatic carbocycles. The maximum atomic E-state index is 12.2. The number of carbonyl (C=O) groups is 1. The Bertz CT molecular complexity index is 613. The molecule has 3 heteroatoms. The Hall–Kier alpha value is -2.29. The van der Waals surface area contributed by atoms with Crippen molar-refractivity contribution in [2.45, 2.75) is 26.3 Å². The van der Waals surface area contributed by atoms with Crippen LogP contribution in [0.3, 0.4) is 0 Å². The predicted octanol–water partition coefficient (Wildman–Crippen LogP) is 3.59. The zero-order valence-corrected chi connectivity index (χ0v) is 12.0. The molecule has 0 spiro atoms. The first kappa shape index (κ1) is 14.1. The third-order valence-corrected chi connectivity index (χ3v) is 2.78. The standard InChI is InChI=1S/C17H19NO2/c1-17(2,3)18-16(20)14-9-13(10-15(19)11-14)12-7-5-4-6-8-12/h4-11,19H,1-3H3,(H,18,20). The minimum atomic E-state index is -0.310. The van der Waals surface area contributed by atoms with E-state index in [0.717, 1.165) is 11.1 Å². The SMILES string of the molecule is CC(C)(C)NC(=O)c1cc(O)cc(-c2ccccc2)c1. The van der Waals surface area contributed by atoms with Crippen molar-refractivity contribution in [1.29, 1.82) is 0 Å². The second-order valence-electron chi connectivity index (χ2n) is 5.84. The van der Waals surface area contributed by atoms with E-state index < -0.39 is 0 Å². The Labute approximate surface area is 119 Å². The number of hydrogen-bond acceptors (Lipinski definition) is 2. The summed E-state index contributed by atoms with van der Waals surface area (Å²) < 4.78 is 0. The Morgan fingerprint density at radius 1 is 1.00 bits per heavy atom. The van der Waals surface area contributed by atoms with Crippen LogP contribution in [0, 0.1) is 0 Å². The summed E-state index contributed by atoms with van der Waals surface area (Å²) in [5, 5.41) is 12.7. The monoisotopic (exact) mass is 269 g/mol. The third kappa shape index (κ3) is 3.60. The summed E-state index contributed by atoms with van der Waals surface area (Å²) in [6.45, 7) is 5.77. The molecule has 1 amide bonds. The molecule has 2 N–H and O–H groups in total. The first-order valence-electron chi connectivity index (χ1n) is 6.57. The van der Waals surface area contributed by atoms with Gasteiger partial charge in [0.05, 0.1) is 0 Å². The molecule has 0 fully saturated rings. The van der Waals surface area contributed by atoms with Crippen LogP contribution in [0.2, 0.25) is 0 Å². The number of phenolic OH excluding ortho intramolecular Hbond substituents is 1. The van der Waals surface area contributed by atoms with Gasteiger partial charge in [0.1, 0.15) is 5.75 Å². The summed E-state index contributed by atoms with van der Waals surface area (Å²) in [7, 11) is 0. The van der Waals surface area contributed by atoms with Crippen LogP contribution in [0.15, 0.2) is 48.5 Å². The molecule has 20 heavy (non-hydrogen) atoms. The smallest absolute Gasteiger partial charge is 0.251 e. The van der Waals surface area contributed by atoms with E-state index in [-0.39, 0.29) is 17.2 Å². The number of phenols is 1. The quantitative estimate of drug-likeness (QED) is 0.875. The molecule has 0 bridgehead atoms. The van der Waals surface area contributed by atoms with Gasteiger partial charge in [-0.3, -0.25) is 4.79 Å². The van der Waals surface area contributed by atoms with Crippen molar-refractivity contribution in [3.05, 3.63) is 54.1 Å². The molecular weight excluding hydrogens is 250 g/mol. The number of carbonyl (C=O) groups excluding carboxylic acids is 1. The van der Waals surface area contributed by atoms with E-state index in [4.69, 9.17) is 0 Å². The van der Waals surface area contributed by atoms with E-state index in [1.54, 1.807) is 12.1 Å². The molecule has 0 saturated carbocycles. The van der Waals surface area contributed by atoms with Gasteiger partial charge in [-0.25, -0.2) is 0 Å². The van der Waals surface area contributed by atoms with Crippen LogP contribution in [0.5, 0.6) is 5.75 Å². The summed E-state index contributed by atoms with van der Waals surface area (Å²) in [5.41, 5.74) is 1.94. The lowest BCUT2D eigenvalue weighted by atomic mass is 10.0. The first-order valence-corrected chi connectivity index (χ1v) is 6.57. The van der Waals surface area contributed by atoms with Crippen LogP contribution < -0.4 is 5.32 Å². The topological polar surface area (TPSA) is 49.3 Å². The Morgan fingerprint density at radius 3 is 2.25 bits per heavy atom. The van der Waals surface area contributed by atoms with Crippen LogP contribution in [-0.4, -0.2) is 16.6 Å². The van der Waals surface area contributed by atoms with Gasteiger partial charge in [0.15, 0.2) is 0 Å². The molecular formula is C17H19NO2. The molecule has 0 radical (unpaired) electrons. The van der Waals surface area contributed by atoms with Gasteiger partial charge in [-0.15, -0.1) is 0 Å². The number of benzene rings is 2. The lowest BCUT2D eigenvalue weighted by molar-refractivity contribution is 0.0919. The summed E-state index contributed by atoms with van der Waals surface area (Å²) in [6, 6.07) is 14.6. The fourth-order valence-corrected chi connectivity index (χ4v) is 1.95. The van der Waals surface area contributed by atoms with Crippen molar-refractivity contribution in [3.8, 4) is 16.9 Å². The van der Waals surface area contributed by atoms with Crippen molar-refractivity contribution in [3.63, 3.8) is 0 Å². The van der Waals surface area contributed by atoms with Crippen LogP contribution in [0.4, 0.5) is 0 Å². The van der Waals surface area contributed by atoms with E-state index in [9.17, 15) is 9.90 Å². The molecule has 104 valence electrons. The molecule has 2 rings (SSSR count). The largest absolute Gasteiger partial charge is 0.508 e. The van der Waals surface area contributed by atoms with Crippen molar-refractivity contribution in [1.82, 2.24) is 5.32 Å². The average Bonchev–Trinajstić information content (AvgIpc) is 2.37. The highest BCUT2D eigenvalue weighted by atomic mass is 16.3. The fourth-order valence-electron chi connectivity index (χ4n) is 1.95. The molecule has 0 saturated heterocycles. The van der Waals surface area contributed by atoms with Crippen LogP contribution >= 0.6 is 0 Å². The highest BCUT2D eigenvalue weighted by molar-refractivity contribution is 5.96.